The zero-order chi connectivity index (χ0) is 19.0. The van der Waals surface area contributed by atoms with E-state index >= 15 is 0 Å². The van der Waals surface area contributed by atoms with Crippen LogP contribution in [-0.2, 0) is 17.5 Å². The Morgan fingerprint density at radius 3 is 2.62 bits per heavy atom. The van der Waals surface area contributed by atoms with Crippen LogP contribution in [0.5, 0.6) is 0 Å². The molecule has 1 heterocycles. The number of hydrogen-bond acceptors (Lipinski definition) is 3. The van der Waals surface area contributed by atoms with Gasteiger partial charge in [0.1, 0.15) is 0 Å². The molecule has 0 atom stereocenters. The predicted molar refractivity (Wildman–Crippen MR) is 101 cm³/mol. The van der Waals surface area contributed by atoms with Gasteiger partial charge < -0.3 is 15.4 Å². The van der Waals surface area contributed by atoms with Gasteiger partial charge in [-0.2, -0.15) is 24.9 Å². The Hall–Kier alpha value is -1.41. The lowest BCUT2D eigenvalue weighted by Crippen LogP contribution is -2.47. The average molecular weight is 389 g/mol. The van der Waals surface area contributed by atoms with Crippen molar-refractivity contribution in [3.05, 3.63) is 35.4 Å². The molecule has 1 aliphatic rings. The maximum Gasteiger partial charge on any atom is 0.416 e. The second-order valence-electron chi connectivity index (χ2n) is 6.25. The zero-order valence-electron chi connectivity index (χ0n) is 15.2. The first-order chi connectivity index (χ1) is 12.4. The third-order valence-electron chi connectivity index (χ3n) is 4.43. The summed E-state index contributed by atoms with van der Waals surface area (Å²) < 4.78 is 44.0. The largest absolute Gasteiger partial charge is 0.416 e. The van der Waals surface area contributed by atoms with Crippen LogP contribution in [0.1, 0.15) is 30.9 Å². The fourth-order valence-electron chi connectivity index (χ4n) is 2.80. The Kier molecular flexibility index (Phi) is 7.64. The molecular formula is C18H26F3N3OS. The number of aliphatic imine (C=N–C) groups is 1. The number of halogens is 3. The predicted octanol–water partition coefficient (Wildman–Crippen LogP) is 3.67. The van der Waals surface area contributed by atoms with Gasteiger partial charge in [0.05, 0.1) is 12.1 Å². The van der Waals surface area contributed by atoms with Crippen molar-refractivity contribution in [1.29, 1.82) is 0 Å². The normalized spacial score (nSPS) is 17.8. The highest BCUT2D eigenvalue weighted by atomic mass is 32.2. The minimum absolute atomic E-state index is 0.102. The summed E-state index contributed by atoms with van der Waals surface area (Å²) in [6.07, 6.45) is -0.307. The molecule has 1 aliphatic heterocycles. The van der Waals surface area contributed by atoms with Crippen LogP contribution >= 0.6 is 11.8 Å². The lowest BCUT2D eigenvalue weighted by atomic mass is 9.99. The number of thioether (sulfide) groups is 1. The van der Waals surface area contributed by atoms with Gasteiger partial charge in [-0.25, -0.2) is 4.99 Å². The lowest BCUT2D eigenvalue weighted by Gasteiger charge is -2.36. The molecule has 8 heteroatoms. The summed E-state index contributed by atoms with van der Waals surface area (Å²) in [6.45, 7) is 5.07. The van der Waals surface area contributed by atoms with E-state index in [0.29, 0.717) is 18.1 Å². The number of nitrogens with zero attached hydrogens (tertiary/aromatic N) is 1. The molecule has 0 aliphatic carbocycles. The Bertz CT molecular complexity index is 602. The minimum atomic E-state index is -4.34. The van der Waals surface area contributed by atoms with Gasteiger partial charge in [-0.1, -0.05) is 12.1 Å². The molecular weight excluding hydrogens is 363 g/mol. The molecule has 0 amide bonds. The third-order valence-corrected chi connectivity index (χ3v) is 5.85. The summed E-state index contributed by atoms with van der Waals surface area (Å²) in [5.41, 5.74) is -0.116. The van der Waals surface area contributed by atoms with Gasteiger partial charge in [0.2, 0.25) is 0 Å². The molecule has 1 aromatic carbocycles. The summed E-state index contributed by atoms with van der Waals surface area (Å²) in [7, 11) is 0. The molecule has 4 nitrogen and oxygen atoms in total. The highest BCUT2D eigenvalue weighted by Gasteiger charge is 2.32. The van der Waals surface area contributed by atoms with Crippen molar-refractivity contribution >= 4 is 17.7 Å². The fraction of sp³-hybridized carbons (Fsp3) is 0.611. The SMILES string of the molecule is CCNC(=NCc1cccc(C(F)(F)F)c1)NCC1(SC)CCOCC1. The summed E-state index contributed by atoms with van der Waals surface area (Å²) in [5.74, 6) is 0.616. The molecule has 146 valence electrons. The van der Waals surface area contributed by atoms with E-state index in [1.54, 1.807) is 6.07 Å². The lowest BCUT2D eigenvalue weighted by molar-refractivity contribution is -0.137. The summed E-state index contributed by atoms with van der Waals surface area (Å²) in [6, 6.07) is 5.29. The van der Waals surface area contributed by atoms with E-state index in [-0.39, 0.29) is 11.3 Å². The quantitative estimate of drug-likeness (QED) is 0.576. The summed E-state index contributed by atoms with van der Waals surface area (Å²) in [5, 5.41) is 6.49. The Morgan fingerprint density at radius 2 is 2.00 bits per heavy atom. The van der Waals surface area contributed by atoms with E-state index in [1.807, 2.05) is 18.7 Å². The van der Waals surface area contributed by atoms with E-state index in [9.17, 15) is 13.2 Å². The average Bonchev–Trinajstić information content (AvgIpc) is 2.64. The van der Waals surface area contributed by atoms with Crippen LogP contribution in [0.25, 0.3) is 0 Å². The van der Waals surface area contributed by atoms with Crippen molar-refractivity contribution in [2.24, 2.45) is 4.99 Å². The summed E-state index contributed by atoms with van der Waals surface area (Å²) >= 11 is 1.82. The van der Waals surface area contributed by atoms with Crippen molar-refractivity contribution < 1.29 is 17.9 Å². The molecule has 0 radical (unpaired) electrons. The number of ether oxygens (including phenoxy) is 1. The standard InChI is InChI=1S/C18H26F3N3OS/c1-3-22-16(24-13-17(26-2)7-9-25-10-8-17)23-12-14-5-4-6-15(11-14)18(19,20)21/h4-6,11H,3,7-10,12-13H2,1-2H3,(H2,22,23,24). The van der Waals surface area contributed by atoms with Crippen LogP contribution in [-0.4, -0.2) is 43.3 Å². The Morgan fingerprint density at radius 1 is 1.27 bits per heavy atom. The van der Waals surface area contributed by atoms with Gasteiger partial charge in [-0.05, 0) is 43.7 Å². The maximum absolute atomic E-state index is 12.8. The van der Waals surface area contributed by atoms with Crippen molar-refractivity contribution in [3.63, 3.8) is 0 Å². The molecule has 1 saturated heterocycles. The second-order valence-corrected chi connectivity index (χ2v) is 7.52. The van der Waals surface area contributed by atoms with Gasteiger partial charge in [0.25, 0.3) is 0 Å². The van der Waals surface area contributed by atoms with Crippen LogP contribution in [0.4, 0.5) is 13.2 Å². The molecule has 1 aromatic rings. The number of rotatable bonds is 6. The van der Waals surface area contributed by atoms with Crippen LogP contribution in [0.2, 0.25) is 0 Å². The second kappa shape index (κ2) is 9.50. The van der Waals surface area contributed by atoms with Crippen molar-refractivity contribution in [2.75, 3.05) is 32.6 Å². The number of hydrogen-bond donors (Lipinski definition) is 2. The topological polar surface area (TPSA) is 45.7 Å². The first-order valence-corrected chi connectivity index (χ1v) is 9.92. The fourth-order valence-corrected chi connectivity index (χ4v) is 3.59. The number of alkyl halides is 3. The smallest absolute Gasteiger partial charge is 0.381 e. The van der Waals surface area contributed by atoms with Gasteiger partial charge in [0.15, 0.2) is 5.96 Å². The molecule has 26 heavy (non-hydrogen) atoms. The summed E-state index contributed by atoms with van der Waals surface area (Å²) in [4.78, 5) is 4.44. The van der Waals surface area contributed by atoms with E-state index < -0.39 is 11.7 Å². The molecule has 2 N–H and O–H groups in total. The zero-order valence-corrected chi connectivity index (χ0v) is 16.0. The highest BCUT2D eigenvalue weighted by Crippen LogP contribution is 2.33. The number of benzene rings is 1. The third kappa shape index (κ3) is 6.09. The molecule has 2 rings (SSSR count). The van der Waals surface area contributed by atoms with E-state index in [2.05, 4.69) is 21.9 Å². The minimum Gasteiger partial charge on any atom is -0.381 e. The first kappa shape index (κ1) is 20.9. The van der Waals surface area contributed by atoms with Gasteiger partial charge >= 0.3 is 6.18 Å². The monoisotopic (exact) mass is 389 g/mol. The highest BCUT2D eigenvalue weighted by molar-refractivity contribution is 8.00. The first-order valence-electron chi connectivity index (χ1n) is 8.70. The molecule has 1 fully saturated rings. The molecule has 0 aromatic heterocycles. The van der Waals surface area contributed by atoms with Crippen LogP contribution in [0.3, 0.4) is 0 Å². The van der Waals surface area contributed by atoms with Crippen molar-refractivity contribution in [1.82, 2.24) is 10.6 Å². The van der Waals surface area contributed by atoms with Gasteiger partial charge in [-0.15, -0.1) is 0 Å². The molecule has 0 saturated carbocycles. The van der Waals surface area contributed by atoms with Crippen molar-refractivity contribution in [2.45, 2.75) is 37.2 Å². The van der Waals surface area contributed by atoms with Crippen LogP contribution in [0, 0.1) is 0 Å². The molecule has 0 bridgehead atoms. The molecule has 0 spiro atoms. The van der Waals surface area contributed by atoms with E-state index in [4.69, 9.17) is 4.74 Å². The maximum atomic E-state index is 12.8. The van der Waals surface area contributed by atoms with Crippen LogP contribution < -0.4 is 10.6 Å². The van der Waals surface area contributed by atoms with Gasteiger partial charge in [-0.3, -0.25) is 0 Å². The van der Waals surface area contributed by atoms with Gasteiger partial charge in [0, 0.05) is 31.1 Å². The molecule has 0 unspecified atom stereocenters. The van der Waals surface area contributed by atoms with E-state index in [1.165, 1.54) is 6.07 Å². The number of nitrogens with one attached hydrogen (secondary N) is 2. The van der Waals surface area contributed by atoms with E-state index in [0.717, 1.165) is 44.7 Å². The van der Waals surface area contributed by atoms with Crippen LogP contribution in [0.15, 0.2) is 29.3 Å². The number of guanidine groups is 1. The van der Waals surface area contributed by atoms with Crippen molar-refractivity contribution in [3.8, 4) is 0 Å². The Labute approximate surface area is 157 Å². The Balaban J connectivity index is 2.02.